The molecule has 1 saturated carbocycles. The number of aromatic nitrogens is 2. The van der Waals surface area contributed by atoms with Crippen molar-refractivity contribution in [1.29, 1.82) is 0 Å². The second-order valence-corrected chi connectivity index (χ2v) is 9.65. The molecule has 0 radical (unpaired) electrons. The van der Waals surface area contributed by atoms with Gasteiger partial charge in [-0.25, -0.2) is 10.5 Å². The van der Waals surface area contributed by atoms with Gasteiger partial charge in [-0.15, -0.1) is 0 Å². The lowest BCUT2D eigenvalue weighted by Gasteiger charge is -2.29. The minimum Gasteiger partial charge on any atom is -0.481 e. The molecule has 174 valence electrons. The molecule has 2 atom stereocenters. The fourth-order valence-corrected chi connectivity index (χ4v) is 5.13. The van der Waals surface area contributed by atoms with Crippen molar-refractivity contribution in [3.8, 4) is 0 Å². The number of hydroxylamine groups is 1. The molecule has 0 bridgehead atoms. The smallest absolute Gasteiger partial charge is 0.309 e. The van der Waals surface area contributed by atoms with E-state index in [1.165, 1.54) is 5.56 Å². The number of carboxylic acids is 1. The Bertz CT molecular complexity index is 1150. The van der Waals surface area contributed by atoms with Crippen molar-refractivity contribution in [1.82, 2.24) is 15.0 Å². The van der Waals surface area contributed by atoms with Crippen LogP contribution < -0.4 is 5.48 Å². The minimum atomic E-state index is -0.709. The van der Waals surface area contributed by atoms with Gasteiger partial charge in [0, 0.05) is 29.9 Å². The fraction of sp³-hybridized carbons (Fsp3) is 0.423. The number of carboxylic acid groups (broad SMARTS) is 1. The summed E-state index contributed by atoms with van der Waals surface area (Å²) in [5, 5.41) is 19.6. The molecule has 2 aromatic heterocycles. The van der Waals surface area contributed by atoms with Crippen molar-refractivity contribution in [3.63, 3.8) is 0 Å². The molecule has 33 heavy (non-hydrogen) atoms. The lowest BCUT2D eigenvalue weighted by atomic mass is 9.74. The summed E-state index contributed by atoms with van der Waals surface area (Å²) >= 11 is 0. The molecule has 1 aromatic carbocycles. The average Bonchev–Trinajstić information content (AvgIpc) is 3.05. The summed E-state index contributed by atoms with van der Waals surface area (Å²) in [7, 11) is 0. The number of hydrogen-bond acceptors (Lipinski definition) is 4. The van der Waals surface area contributed by atoms with Crippen LogP contribution in [0.1, 0.15) is 73.4 Å². The first kappa shape index (κ1) is 23.0. The van der Waals surface area contributed by atoms with E-state index in [0.29, 0.717) is 18.0 Å². The van der Waals surface area contributed by atoms with Crippen LogP contribution in [-0.4, -0.2) is 31.7 Å². The number of fused-ring (bicyclic) bond motifs is 1. The van der Waals surface area contributed by atoms with Crippen LogP contribution in [0.4, 0.5) is 0 Å². The molecule has 3 aromatic rings. The number of aliphatic carboxylic acids is 1. The number of carbonyl (C=O) groups excluding carboxylic acids is 1. The van der Waals surface area contributed by atoms with Crippen molar-refractivity contribution < 1.29 is 19.9 Å². The molecule has 1 aliphatic carbocycles. The number of benzene rings is 1. The zero-order chi connectivity index (χ0) is 23.6. The number of nitrogens with zero attached hydrogens (tertiary/aromatic N) is 2. The summed E-state index contributed by atoms with van der Waals surface area (Å²) < 4.78 is 2.10. The summed E-state index contributed by atoms with van der Waals surface area (Å²) in [5.41, 5.74) is 4.60. The van der Waals surface area contributed by atoms with Gasteiger partial charge in [0.25, 0.3) is 5.91 Å². The van der Waals surface area contributed by atoms with E-state index in [2.05, 4.69) is 21.7 Å². The van der Waals surface area contributed by atoms with Gasteiger partial charge in [-0.2, -0.15) is 0 Å². The minimum absolute atomic E-state index is 0.192. The molecule has 1 fully saturated rings. The third-order valence-electron chi connectivity index (χ3n) is 7.35. The summed E-state index contributed by atoms with van der Waals surface area (Å²) in [6.07, 6.45) is 8.86. The monoisotopic (exact) mass is 449 g/mol. The summed E-state index contributed by atoms with van der Waals surface area (Å²) in [6, 6.07) is 11.3. The number of amides is 1. The highest BCUT2D eigenvalue weighted by atomic mass is 16.5. The van der Waals surface area contributed by atoms with Crippen LogP contribution in [0.3, 0.4) is 0 Å². The Morgan fingerprint density at radius 2 is 1.85 bits per heavy atom. The Labute approximate surface area is 193 Å². The zero-order valence-electron chi connectivity index (χ0n) is 19.1. The molecule has 0 spiro atoms. The van der Waals surface area contributed by atoms with Crippen LogP contribution in [0.25, 0.3) is 11.0 Å². The van der Waals surface area contributed by atoms with Gasteiger partial charge in [-0.05, 0) is 86.8 Å². The standard InChI is InChI=1S/C26H31N3O4/c1-26(2,25(31)32)20-5-3-4-18(10-11-20)21-12-14-27-23-22(21)13-15-29(23)16-17-6-8-19(9-7-17)24(30)28-33/h6-9,12-15,18,20,33H,3-5,10-11,16H2,1-2H3,(H,28,30)(H,31,32). The SMILES string of the molecule is CC(C)(C(=O)O)C1CCCC(c2ccnc3c2ccn3Cc2ccc(C(=O)NO)cc2)CC1. The van der Waals surface area contributed by atoms with Gasteiger partial charge in [0.15, 0.2) is 0 Å². The molecule has 0 aliphatic heterocycles. The van der Waals surface area contributed by atoms with E-state index in [0.717, 1.165) is 48.7 Å². The number of pyridine rings is 1. The predicted octanol–water partition coefficient (Wildman–Crippen LogP) is 4.98. The van der Waals surface area contributed by atoms with E-state index in [1.807, 2.05) is 38.4 Å². The molecule has 4 rings (SSSR count). The van der Waals surface area contributed by atoms with E-state index in [9.17, 15) is 14.7 Å². The molecule has 2 heterocycles. The van der Waals surface area contributed by atoms with Gasteiger partial charge < -0.3 is 9.67 Å². The van der Waals surface area contributed by atoms with Crippen molar-refractivity contribution in [2.24, 2.45) is 11.3 Å². The molecule has 7 heteroatoms. The number of carbonyl (C=O) groups is 2. The molecule has 7 nitrogen and oxygen atoms in total. The predicted molar refractivity (Wildman–Crippen MR) is 125 cm³/mol. The molecular formula is C26H31N3O4. The highest BCUT2D eigenvalue weighted by molar-refractivity contribution is 5.93. The Kier molecular flexibility index (Phi) is 6.51. The largest absolute Gasteiger partial charge is 0.481 e. The summed E-state index contributed by atoms with van der Waals surface area (Å²) in [4.78, 5) is 27.9. The lowest BCUT2D eigenvalue weighted by molar-refractivity contribution is -0.150. The third kappa shape index (κ3) is 4.64. The van der Waals surface area contributed by atoms with Crippen LogP contribution in [0.2, 0.25) is 0 Å². The van der Waals surface area contributed by atoms with Crippen molar-refractivity contribution in [2.75, 3.05) is 0 Å². The van der Waals surface area contributed by atoms with Gasteiger partial charge in [-0.1, -0.05) is 18.6 Å². The Balaban J connectivity index is 1.54. The molecule has 0 saturated heterocycles. The van der Waals surface area contributed by atoms with E-state index in [1.54, 1.807) is 17.6 Å². The first-order valence-corrected chi connectivity index (χ1v) is 11.5. The highest BCUT2D eigenvalue weighted by Gasteiger charge is 2.38. The van der Waals surface area contributed by atoms with E-state index in [-0.39, 0.29) is 5.92 Å². The van der Waals surface area contributed by atoms with Crippen LogP contribution in [-0.2, 0) is 11.3 Å². The number of hydrogen-bond donors (Lipinski definition) is 3. The van der Waals surface area contributed by atoms with Gasteiger partial charge >= 0.3 is 5.97 Å². The molecule has 1 aliphatic rings. The molecule has 1 amide bonds. The average molecular weight is 450 g/mol. The van der Waals surface area contributed by atoms with Gasteiger partial charge in [0.05, 0.1) is 5.41 Å². The first-order valence-electron chi connectivity index (χ1n) is 11.5. The van der Waals surface area contributed by atoms with Gasteiger partial charge in [-0.3, -0.25) is 14.8 Å². The molecule has 3 N–H and O–H groups in total. The summed E-state index contributed by atoms with van der Waals surface area (Å²) in [6.45, 7) is 4.34. The quantitative estimate of drug-likeness (QED) is 0.280. The van der Waals surface area contributed by atoms with Gasteiger partial charge in [0.1, 0.15) is 5.65 Å². The Morgan fingerprint density at radius 3 is 2.55 bits per heavy atom. The maximum Gasteiger partial charge on any atom is 0.309 e. The highest BCUT2D eigenvalue weighted by Crippen LogP contribution is 2.43. The van der Waals surface area contributed by atoms with E-state index >= 15 is 0 Å². The normalized spacial score (nSPS) is 19.2. The maximum absolute atomic E-state index is 11.7. The van der Waals surface area contributed by atoms with E-state index < -0.39 is 17.3 Å². The van der Waals surface area contributed by atoms with Crippen LogP contribution in [0, 0.1) is 11.3 Å². The third-order valence-corrected chi connectivity index (χ3v) is 7.35. The van der Waals surface area contributed by atoms with Crippen LogP contribution >= 0.6 is 0 Å². The fourth-order valence-electron chi connectivity index (χ4n) is 5.13. The van der Waals surface area contributed by atoms with Crippen LogP contribution in [0.15, 0.2) is 48.8 Å². The Hall–Kier alpha value is -3.19. The van der Waals surface area contributed by atoms with E-state index in [4.69, 9.17) is 5.21 Å². The summed E-state index contributed by atoms with van der Waals surface area (Å²) in [5.74, 6) is -0.647. The van der Waals surface area contributed by atoms with Gasteiger partial charge in [0.2, 0.25) is 0 Å². The van der Waals surface area contributed by atoms with Crippen molar-refractivity contribution in [3.05, 3.63) is 65.5 Å². The van der Waals surface area contributed by atoms with Crippen molar-refractivity contribution >= 4 is 22.9 Å². The first-order chi connectivity index (χ1) is 15.8. The topological polar surface area (TPSA) is 104 Å². The number of nitrogens with one attached hydrogen (secondary N) is 1. The van der Waals surface area contributed by atoms with Crippen molar-refractivity contribution in [2.45, 2.75) is 58.4 Å². The molecule has 2 unspecified atom stereocenters. The Morgan fingerprint density at radius 1 is 1.09 bits per heavy atom. The lowest BCUT2D eigenvalue weighted by Crippen LogP contribution is -2.32. The molecular weight excluding hydrogens is 418 g/mol. The second kappa shape index (κ2) is 9.35. The maximum atomic E-state index is 11.7. The van der Waals surface area contributed by atoms with Crippen LogP contribution in [0.5, 0.6) is 0 Å². The second-order valence-electron chi connectivity index (χ2n) is 9.65. The zero-order valence-corrected chi connectivity index (χ0v) is 19.1. The number of rotatable bonds is 6.